The van der Waals surface area contributed by atoms with E-state index in [1.807, 2.05) is 5.38 Å². The molecule has 0 spiro atoms. The summed E-state index contributed by atoms with van der Waals surface area (Å²) in [7, 11) is -3.28. The van der Waals surface area contributed by atoms with Crippen molar-refractivity contribution >= 4 is 33.0 Å². The van der Waals surface area contributed by atoms with E-state index in [-0.39, 0.29) is 0 Å². The lowest BCUT2D eigenvalue weighted by atomic mass is 10.0. The third kappa shape index (κ3) is 2.84. The van der Waals surface area contributed by atoms with E-state index < -0.39 is 10.0 Å². The number of thiophene rings is 1. The molecule has 0 amide bonds. The molecule has 17 heavy (non-hydrogen) atoms. The van der Waals surface area contributed by atoms with E-state index in [0.717, 1.165) is 18.4 Å². The first kappa shape index (κ1) is 13.3. The maximum Gasteiger partial charge on any atom is 0.252 e. The molecule has 0 aromatic carbocycles. The zero-order chi connectivity index (χ0) is 12.5. The Morgan fingerprint density at radius 1 is 1.47 bits per heavy atom. The van der Waals surface area contributed by atoms with Crippen molar-refractivity contribution in [2.45, 2.75) is 29.9 Å². The minimum absolute atomic E-state index is 0.364. The molecule has 1 aliphatic heterocycles. The van der Waals surface area contributed by atoms with Crippen molar-refractivity contribution in [3.8, 4) is 0 Å². The molecule has 1 saturated heterocycles. The fraction of sp³-hybridized carbons (Fsp3) is 0.636. The maximum atomic E-state index is 12.3. The summed E-state index contributed by atoms with van der Waals surface area (Å²) >= 11 is 6.95. The van der Waals surface area contributed by atoms with Crippen molar-refractivity contribution in [2.75, 3.05) is 13.1 Å². The molecule has 2 heterocycles. The number of alkyl halides is 1. The van der Waals surface area contributed by atoms with Crippen molar-refractivity contribution in [1.29, 1.82) is 0 Å². The first-order chi connectivity index (χ1) is 8.04. The largest absolute Gasteiger partial charge is 0.252 e. The molecule has 1 aromatic heterocycles. The Balaban J connectivity index is 2.18. The van der Waals surface area contributed by atoms with Gasteiger partial charge in [-0.3, -0.25) is 0 Å². The van der Waals surface area contributed by atoms with E-state index in [4.69, 9.17) is 11.6 Å². The van der Waals surface area contributed by atoms with E-state index in [1.165, 1.54) is 11.3 Å². The number of piperidine rings is 1. The molecule has 0 N–H and O–H groups in total. The Morgan fingerprint density at radius 2 is 2.12 bits per heavy atom. The van der Waals surface area contributed by atoms with E-state index in [9.17, 15) is 8.42 Å². The highest BCUT2D eigenvalue weighted by atomic mass is 35.5. The van der Waals surface area contributed by atoms with Crippen LogP contribution in [0.25, 0.3) is 0 Å². The lowest BCUT2D eigenvalue weighted by Gasteiger charge is -2.28. The zero-order valence-electron chi connectivity index (χ0n) is 9.73. The van der Waals surface area contributed by atoms with Crippen LogP contribution in [0.1, 0.15) is 25.3 Å². The molecule has 96 valence electrons. The number of halogens is 1. The highest BCUT2D eigenvalue weighted by Gasteiger charge is 2.29. The average Bonchev–Trinajstić information content (AvgIpc) is 2.78. The molecule has 0 aliphatic carbocycles. The van der Waals surface area contributed by atoms with Gasteiger partial charge in [-0.05, 0) is 35.8 Å². The van der Waals surface area contributed by atoms with Crippen molar-refractivity contribution in [3.63, 3.8) is 0 Å². The molecular formula is C11H16ClNO2S2. The summed E-state index contributed by atoms with van der Waals surface area (Å²) in [6, 6.07) is 1.69. The number of sulfonamides is 1. The van der Waals surface area contributed by atoms with E-state index in [0.29, 0.717) is 29.1 Å². The van der Waals surface area contributed by atoms with Gasteiger partial charge in [-0.15, -0.1) is 22.9 Å². The van der Waals surface area contributed by atoms with Crippen molar-refractivity contribution in [3.05, 3.63) is 17.0 Å². The third-order valence-electron chi connectivity index (χ3n) is 3.12. The Labute approximate surface area is 111 Å². The standard InChI is InChI=1S/C11H16ClNO2S2/c1-9-2-4-13(5-3-9)17(14,15)11-6-10(7-12)8-16-11/h6,8-9H,2-5,7H2,1H3. The van der Waals surface area contributed by atoms with Crippen LogP contribution in [-0.2, 0) is 15.9 Å². The minimum atomic E-state index is -3.28. The van der Waals surface area contributed by atoms with Crippen LogP contribution in [-0.4, -0.2) is 25.8 Å². The summed E-state index contributed by atoms with van der Waals surface area (Å²) in [5, 5.41) is 1.81. The van der Waals surface area contributed by atoms with Crippen LogP contribution in [0.4, 0.5) is 0 Å². The normalized spacial score (nSPS) is 19.6. The van der Waals surface area contributed by atoms with Gasteiger partial charge in [0.2, 0.25) is 0 Å². The number of hydrogen-bond acceptors (Lipinski definition) is 3. The average molecular weight is 294 g/mol. The second kappa shape index (κ2) is 5.26. The van der Waals surface area contributed by atoms with Crippen LogP contribution in [0.3, 0.4) is 0 Å². The predicted molar refractivity (Wildman–Crippen MR) is 71.0 cm³/mol. The highest BCUT2D eigenvalue weighted by Crippen LogP contribution is 2.28. The van der Waals surface area contributed by atoms with Gasteiger partial charge >= 0.3 is 0 Å². The molecular weight excluding hydrogens is 278 g/mol. The summed E-state index contributed by atoms with van der Waals surface area (Å²) in [6.45, 7) is 3.44. The Kier molecular flexibility index (Phi) is 4.13. The fourth-order valence-corrected chi connectivity index (χ4v) is 4.99. The van der Waals surface area contributed by atoms with Crippen molar-refractivity contribution < 1.29 is 8.42 Å². The Morgan fingerprint density at radius 3 is 2.65 bits per heavy atom. The first-order valence-electron chi connectivity index (χ1n) is 5.67. The van der Waals surface area contributed by atoms with Gasteiger partial charge in [0.15, 0.2) is 0 Å². The summed E-state index contributed by atoms with van der Waals surface area (Å²) in [6.07, 6.45) is 1.90. The smallest absolute Gasteiger partial charge is 0.206 e. The molecule has 3 nitrogen and oxygen atoms in total. The fourth-order valence-electron chi connectivity index (χ4n) is 1.91. The van der Waals surface area contributed by atoms with Crippen LogP contribution in [0.15, 0.2) is 15.7 Å². The van der Waals surface area contributed by atoms with Crippen LogP contribution in [0.5, 0.6) is 0 Å². The second-order valence-corrected chi connectivity index (χ2v) is 7.84. The monoisotopic (exact) mass is 293 g/mol. The molecule has 1 fully saturated rings. The van der Waals surface area contributed by atoms with Crippen molar-refractivity contribution in [1.82, 2.24) is 4.31 Å². The third-order valence-corrected chi connectivity index (χ3v) is 6.79. The molecule has 1 aliphatic rings. The lowest BCUT2D eigenvalue weighted by molar-refractivity contribution is 0.288. The van der Waals surface area contributed by atoms with Gasteiger partial charge < -0.3 is 0 Å². The van der Waals surface area contributed by atoms with Gasteiger partial charge in [0.1, 0.15) is 4.21 Å². The van der Waals surface area contributed by atoms with Gasteiger partial charge in [0.25, 0.3) is 10.0 Å². The van der Waals surface area contributed by atoms with Crippen molar-refractivity contribution in [2.24, 2.45) is 5.92 Å². The summed E-state index contributed by atoms with van der Waals surface area (Å²) < 4.78 is 26.6. The van der Waals surface area contributed by atoms with Crippen LogP contribution in [0.2, 0.25) is 0 Å². The molecule has 0 bridgehead atoms. The molecule has 0 unspecified atom stereocenters. The van der Waals surface area contributed by atoms with E-state index in [2.05, 4.69) is 6.92 Å². The van der Waals surface area contributed by atoms with Crippen LogP contribution < -0.4 is 0 Å². The first-order valence-corrected chi connectivity index (χ1v) is 8.53. The quantitative estimate of drug-likeness (QED) is 0.804. The molecule has 2 rings (SSSR count). The second-order valence-electron chi connectivity index (χ2n) is 4.49. The number of nitrogens with zero attached hydrogens (tertiary/aromatic N) is 1. The Hall–Kier alpha value is -0.100. The van der Waals surface area contributed by atoms with E-state index >= 15 is 0 Å². The lowest BCUT2D eigenvalue weighted by Crippen LogP contribution is -2.37. The molecule has 0 atom stereocenters. The SMILES string of the molecule is CC1CCN(S(=O)(=O)c2cc(CCl)cs2)CC1. The molecule has 1 aromatic rings. The zero-order valence-corrected chi connectivity index (χ0v) is 12.1. The predicted octanol–water partition coefficient (Wildman–Crippen LogP) is 2.91. The maximum absolute atomic E-state index is 12.3. The topological polar surface area (TPSA) is 37.4 Å². The molecule has 0 radical (unpaired) electrons. The minimum Gasteiger partial charge on any atom is -0.206 e. The summed E-state index contributed by atoms with van der Waals surface area (Å²) in [4.78, 5) is 0. The highest BCUT2D eigenvalue weighted by molar-refractivity contribution is 7.91. The van der Waals surface area contributed by atoms with Crippen LogP contribution >= 0.6 is 22.9 Å². The Bertz CT molecular complexity index is 475. The van der Waals surface area contributed by atoms with Gasteiger partial charge in [-0.2, -0.15) is 4.31 Å². The molecule has 0 saturated carbocycles. The van der Waals surface area contributed by atoms with Crippen LogP contribution in [0, 0.1) is 5.92 Å². The van der Waals surface area contributed by atoms with Gasteiger partial charge in [0, 0.05) is 19.0 Å². The molecule has 6 heteroatoms. The van der Waals surface area contributed by atoms with E-state index in [1.54, 1.807) is 10.4 Å². The van der Waals surface area contributed by atoms with Gasteiger partial charge in [-0.25, -0.2) is 8.42 Å². The van der Waals surface area contributed by atoms with Gasteiger partial charge in [0.05, 0.1) is 0 Å². The number of hydrogen-bond donors (Lipinski definition) is 0. The summed E-state index contributed by atoms with van der Waals surface area (Å²) in [5.74, 6) is 0.992. The van der Waals surface area contributed by atoms with Gasteiger partial charge in [-0.1, -0.05) is 6.92 Å². The summed E-state index contributed by atoms with van der Waals surface area (Å²) in [5.41, 5.74) is 0.876. The number of rotatable bonds is 3.